The van der Waals surface area contributed by atoms with E-state index < -0.39 is 0 Å². The van der Waals surface area contributed by atoms with E-state index in [-0.39, 0.29) is 11.3 Å². The normalized spacial score (nSPS) is 16.9. The predicted molar refractivity (Wildman–Crippen MR) is 90.8 cm³/mol. The summed E-state index contributed by atoms with van der Waals surface area (Å²) in [5, 5.41) is 0. The Bertz CT molecular complexity index is 772. The Hall–Kier alpha value is -2.67. The summed E-state index contributed by atoms with van der Waals surface area (Å²) in [5.41, 5.74) is 3.43. The molecule has 4 heteroatoms. The van der Waals surface area contributed by atoms with E-state index >= 15 is 0 Å². The van der Waals surface area contributed by atoms with Crippen molar-refractivity contribution in [2.75, 3.05) is 11.4 Å². The van der Waals surface area contributed by atoms with E-state index in [1.54, 1.807) is 17.2 Å². The summed E-state index contributed by atoms with van der Waals surface area (Å²) in [6.45, 7) is 4.85. The van der Waals surface area contributed by atoms with Crippen molar-refractivity contribution in [2.45, 2.75) is 26.7 Å². The molecule has 1 fully saturated rings. The second kappa shape index (κ2) is 5.85. The summed E-state index contributed by atoms with van der Waals surface area (Å²) in [6, 6.07) is 10.1. The van der Waals surface area contributed by atoms with Crippen molar-refractivity contribution in [1.29, 1.82) is 0 Å². The minimum atomic E-state index is 0.0652. The number of anilines is 1. The van der Waals surface area contributed by atoms with Crippen LogP contribution < -0.4 is 4.90 Å². The van der Waals surface area contributed by atoms with Crippen LogP contribution >= 0.6 is 0 Å². The van der Waals surface area contributed by atoms with Gasteiger partial charge in [0.2, 0.25) is 11.9 Å². The molecule has 4 rings (SSSR count). The topological polar surface area (TPSA) is 46.1 Å². The number of carbonyl (C=O) groups excluding carboxylic acids is 1. The zero-order valence-corrected chi connectivity index (χ0v) is 13.4. The van der Waals surface area contributed by atoms with Crippen LogP contribution in [0.4, 0.5) is 5.95 Å². The molecule has 116 valence electrons. The summed E-state index contributed by atoms with van der Waals surface area (Å²) in [4.78, 5) is 21.9. The highest BCUT2D eigenvalue weighted by atomic mass is 16.2. The molecule has 1 saturated heterocycles. The molecule has 4 nitrogen and oxygen atoms in total. The van der Waals surface area contributed by atoms with E-state index in [1.807, 2.05) is 0 Å². The molecule has 3 aliphatic rings. The van der Waals surface area contributed by atoms with Gasteiger partial charge in [0.25, 0.3) is 0 Å². The molecule has 0 bridgehead atoms. The van der Waals surface area contributed by atoms with Crippen LogP contribution in [0.5, 0.6) is 0 Å². The Kier molecular flexibility index (Phi) is 3.87. The third-order valence-corrected chi connectivity index (χ3v) is 4.09. The van der Waals surface area contributed by atoms with Crippen LogP contribution in [-0.2, 0) is 4.79 Å². The summed E-state index contributed by atoms with van der Waals surface area (Å²) in [6.07, 6.45) is 8.34. The van der Waals surface area contributed by atoms with Crippen LogP contribution in [0, 0.1) is 17.8 Å². The highest BCUT2D eigenvalue weighted by Gasteiger charge is 2.33. The standard InChI is InChI=1S/C13H15N3O.C6H4/c1-4-10-5-7-14-12(15-10)16-8-6-13(2,3)9-11(16)17;1-2-5-4-6(5)3-1/h1,5,7H,6,8-9H2,2-3H3;1-4H. The van der Waals surface area contributed by atoms with E-state index in [0.29, 0.717) is 24.6 Å². The molecule has 0 saturated carbocycles. The monoisotopic (exact) mass is 305 g/mol. The molecule has 1 aliphatic heterocycles. The maximum Gasteiger partial charge on any atom is 0.233 e. The van der Waals surface area contributed by atoms with E-state index in [9.17, 15) is 4.79 Å². The third-order valence-electron chi connectivity index (χ3n) is 4.09. The van der Waals surface area contributed by atoms with E-state index in [2.05, 4.69) is 54.0 Å². The lowest BCUT2D eigenvalue weighted by molar-refractivity contribution is -0.122. The van der Waals surface area contributed by atoms with Gasteiger partial charge >= 0.3 is 0 Å². The highest BCUT2D eigenvalue weighted by molar-refractivity contribution is 5.92. The molecule has 0 aromatic carbocycles. The van der Waals surface area contributed by atoms with Crippen molar-refractivity contribution in [1.82, 2.24) is 9.97 Å². The number of nitrogens with zero attached hydrogens (tertiary/aromatic N) is 3. The number of terminal acetylenes is 1. The molecule has 0 atom stereocenters. The van der Waals surface area contributed by atoms with Gasteiger partial charge in [0.1, 0.15) is 5.69 Å². The SMILES string of the molecule is C#Cc1ccnc(N2CCC(C)(C)CC2=O)n1.c1cc2cc-2c1. The smallest absolute Gasteiger partial charge is 0.233 e. The van der Waals surface area contributed by atoms with Gasteiger partial charge in [-0.25, -0.2) is 9.97 Å². The average Bonchev–Trinajstić information content (AvgIpc) is 3.13. The molecule has 0 N–H and O–H groups in total. The molecular formula is C19H19N3O. The first-order valence-corrected chi connectivity index (χ1v) is 7.69. The Balaban J connectivity index is 0.000000213. The number of aromatic nitrogens is 2. The quantitative estimate of drug-likeness (QED) is 0.648. The number of amides is 1. The minimum Gasteiger partial charge on any atom is -0.281 e. The van der Waals surface area contributed by atoms with Crippen LogP contribution in [-0.4, -0.2) is 22.4 Å². The van der Waals surface area contributed by atoms with Crippen LogP contribution in [0.25, 0.3) is 11.1 Å². The second-order valence-corrected chi connectivity index (χ2v) is 6.60. The Morgan fingerprint density at radius 2 is 2.00 bits per heavy atom. The zero-order chi connectivity index (χ0) is 16.4. The summed E-state index contributed by atoms with van der Waals surface area (Å²) in [7, 11) is 0. The molecule has 2 heterocycles. The zero-order valence-electron chi connectivity index (χ0n) is 13.4. The Morgan fingerprint density at radius 1 is 1.26 bits per heavy atom. The third kappa shape index (κ3) is 3.57. The number of rotatable bonds is 1. The van der Waals surface area contributed by atoms with E-state index in [0.717, 1.165) is 6.42 Å². The van der Waals surface area contributed by atoms with Gasteiger partial charge in [-0.15, -0.1) is 6.42 Å². The maximum absolute atomic E-state index is 12.0. The van der Waals surface area contributed by atoms with Crippen molar-refractivity contribution >= 4 is 11.9 Å². The molecule has 0 radical (unpaired) electrons. The fraction of sp³-hybridized carbons (Fsp3) is 0.316. The fourth-order valence-corrected chi connectivity index (χ4v) is 2.58. The molecule has 1 amide bonds. The van der Waals surface area contributed by atoms with Crippen molar-refractivity contribution in [3.05, 3.63) is 42.2 Å². The molecule has 0 spiro atoms. The first-order chi connectivity index (χ1) is 11.0. The molecular weight excluding hydrogens is 286 g/mol. The summed E-state index contributed by atoms with van der Waals surface area (Å²) >= 11 is 0. The highest BCUT2D eigenvalue weighted by Crippen LogP contribution is 2.33. The number of piperidine rings is 1. The van der Waals surface area contributed by atoms with Gasteiger partial charge in [0.15, 0.2) is 0 Å². The second-order valence-electron chi connectivity index (χ2n) is 6.60. The molecule has 1 aromatic heterocycles. The first-order valence-electron chi connectivity index (χ1n) is 7.69. The summed E-state index contributed by atoms with van der Waals surface area (Å²) in [5.74, 6) is 2.93. The van der Waals surface area contributed by atoms with Gasteiger partial charge in [0, 0.05) is 19.2 Å². The maximum atomic E-state index is 12.0. The lowest BCUT2D eigenvalue weighted by Gasteiger charge is -2.35. The Labute approximate surface area is 136 Å². The van der Waals surface area contributed by atoms with Gasteiger partial charge in [-0.3, -0.25) is 9.69 Å². The van der Waals surface area contributed by atoms with E-state index in [4.69, 9.17) is 6.42 Å². The number of hydrogen-bond donors (Lipinski definition) is 0. The number of benzene rings is 1. The summed E-state index contributed by atoms with van der Waals surface area (Å²) < 4.78 is 0. The van der Waals surface area contributed by atoms with Crippen molar-refractivity contribution < 1.29 is 4.79 Å². The number of hydrogen-bond acceptors (Lipinski definition) is 3. The van der Waals surface area contributed by atoms with Gasteiger partial charge < -0.3 is 0 Å². The fourth-order valence-electron chi connectivity index (χ4n) is 2.58. The van der Waals surface area contributed by atoms with Gasteiger partial charge in [0.05, 0.1) is 0 Å². The molecule has 2 aliphatic carbocycles. The number of fused-ring (bicyclic) bond motifs is 1. The number of carbonyl (C=O) groups is 1. The Morgan fingerprint density at radius 3 is 2.52 bits per heavy atom. The van der Waals surface area contributed by atoms with E-state index in [1.165, 1.54) is 11.1 Å². The van der Waals surface area contributed by atoms with Crippen LogP contribution in [0.2, 0.25) is 0 Å². The van der Waals surface area contributed by atoms with Crippen molar-refractivity contribution in [3.8, 4) is 23.5 Å². The van der Waals surface area contributed by atoms with Crippen molar-refractivity contribution in [2.24, 2.45) is 5.41 Å². The lowest BCUT2D eigenvalue weighted by Crippen LogP contribution is -2.42. The first kappa shape index (κ1) is 15.2. The van der Waals surface area contributed by atoms with Crippen LogP contribution in [0.15, 0.2) is 36.5 Å². The van der Waals surface area contributed by atoms with Gasteiger partial charge in [-0.1, -0.05) is 38.0 Å². The molecule has 23 heavy (non-hydrogen) atoms. The lowest BCUT2D eigenvalue weighted by atomic mass is 9.82. The van der Waals surface area contributed by atoms with Crippen LogP contribution in [0.1, 0.15) is 32.4 Å². The molecule has 0 unspecified atom stereocenters. The predicted octanol–water partition coefficient (Wildman–Crippen LogP) is 3.28. The largest absolute Gasteiger partial charge is 0.281 e. The molecule has 1 aromatic rings. The minimum absolute atomic E-state index is 0.0652. The van der Waals surface area contributed by atoms with Crippen molar-refractivity contribution in [3.63, 3.8) is 0 Å². The van der Waals surface area contributed by atoms with Gasteiger partial charge in [-0.2, -0.15) is 0 Å². The van der Waals surface area contributed by atoms with Crippen LogP contribution in [0.3, 0.4) is 0 Å². The average molecular weight is 305 g/mol. The van der Waals surface area contributed by atoms with Gasteiger partial charge in [-0.05, 0) is 35.1 Å².